The minimum absolute atomic E-state index is 0.0597. The normalized spacial score (nSPS) is 20.4. The fraction of sp³-hybridized carbons (Fsp3) is 0.481. The highest BCUT2D eigenvalue weighted by atomic mass is 35.5. The standard InChI is InChI=1S/C27H32Cl2N2O4/c28-21-5-9-23(10-6-21)34-18-26(33)31-16-4-13-27(19-31,17-25(32)30-14-2-1-3-15-30)20-35-24-11-7-22(29)8-12-24/h5-12H,1-4,13-20H2/t27-/m1/s1. The van der Waals surface area contributed by atoms with Crippen molar-refractivity contribution >= 4 is 35.0 Å². The maximum atomic E-state index is 13.3. The van der Waals surface area contributed by atoms with Gasteiger partial charge in [-0.25, -0.2) is 0 Å². The minimum Gasteiger partial charge on any atom is -0.493 e. The molecule has 0 saturated carbocycles. The minimum atomic E-state index is -0.456. The predicted octanol–water partition coefficient (Wildman–Crippen LogP) is 5.46. The lowest BCUT2D eigenvalue weighted by Crippen LogP contribution is -2.52. The van der Waals surface area contributed by atoms with Gasteiger partial charge >= 0.3 is 0 Å². The maximum absolute atomic E-state index is 13.3. The molecule has 0 N–H and O–H groups in total. The molecule has 2 amide bonds. The van der Waals surface area contributed by atoms with Crippen LogP contribution >= 0.6 is 23.2 Å². The highest BCUT2D eigenvalue weighted by Crippen LogP contribution is 2.36. The molecule has 188 valence electrons. The van der Waals surface area contributed by atoms with Crippen LogP contribution in [0.25, 0.3) is 0 Å². The summed E-state index contributed by atoms with van der Waals surface area (Å²) >= 11 is 11.9. The maximum Gasteiger partial charge on any atom is 0.260 e. The Morgan fingerprint density at radius 2 is 1.31 bits per heavy atom. The number of carbonyl (C=O) groups excluding carboxylic acids is 2. The Morgan fingerprint density at radius 3 is 1.94 bits per heavy atom. The van der Waals surface area contributed by atoms with Gasteiger partial charge in [-0.2, -0.15) is 0 Å². The lowest BCUT2D eigenvalue weighted by atomic mass is 9.77. The molecular weight excluding hydrogens is 487 g/mol. The lowest BCUT2D eigenvalue weighted by Gasteiger charge is -2.43. The number of amides is 2. The van der Waals surface area contributed by atoms with Crippen LogP contribution in [0.1, 0.15) is 38.5 Å². The van der Waals surface area contributed by atoms with E-state index in [9.17, 15) is 9.59 Å². The zero-order valence-electron chi connectivity index (χ0n) is 19.9. The van der Waals surface area contributed by atoms with E-state index in [0.717, 1.165) is 38.8 Å². The third kappa shape index (κ3) is 7.28. The fourth-order valence-corrected chi connectivity index (χ4v) is 5.10. The number of halogens is 2. The van der Waals surface area contributed by atoms with E-state index in [4.69, 9.17) is 32.7 Å². The van der Waals surface area contributed by atoms with Gasteiger partial charge in [-0.3, -0.25) is 9.59 Å². The van der Waals surface area contributed by atoms with Crippen LogP contribution in [-0.2, 0) is 9.59 Å². The summed E-state index contributed by atoms with van der Waals surface area (Å²) < 4.78 is 11.8. The molecule has 2 fully saturated rings. The quantitative estimate of drug-likeness (QED) is 0.465. The molecule has 2 aliphatic rings. The summed E-state index contributed by atoms with van der Waals surface area (Å²) in [5.74, 6) is 1.35. The molecule has 2 heterocycles. The highest BCUT2D eigenvalue weighted by Gasteiger charge is 2.41. The largest absolute Gasteiger partial charge is 0.493 e. The smallest absolute Gasteiger partial charge is 0.260 e. The molecule has 2 aromatic rings. The van der Waals surface area contributed by atoms with Crippen LogP contribution in [-0.4, -0.2) is 61.0 Å². The van der Waals surface area contributed by atoms with E-state index in [1.54, 1.807) is 36.4 Å². The van der Waals surface area contributed by atoms with Gasteiger partial charge in [0.25, 0.3) is 5.91 Å². The number of nitrogens with zero attached hydrogens (tertiary/aromatic N) is 2. The van der Waals surface area contributed by atoms with Crippen LogP contribution in [0.3, 0.4) is 0 Å². The van der Waals surface area contributed by atoms with Crippen molar-refractivity contribution in [1.82, 2.24) is 9.80 Å². The predicted molar refractivity (Wildman–Crippen MR) is 137 cm³/mol. The molecule has 2 aromatic carbocycles. The molecule has 2 aliphatic heterocycles. The summed E-state index contributed by atoms with van der Waals surface area (Å²) in [6, 6.07) is 14.2. The van der Waals surface area contributed by atoms with Crippen molar-refractivity contribution < 1.29 is 19.1 Å². The van der Waals surface area contributed by atoms with E-state index in [1.165, 1.54) is 6.42 Å². The molecule has 2 saturated heterocycles. The fourth-order valence-electron chi connectivity index (χ4n) is 4.84. The first kappa shape index (κ1) is 25.6. The molecule has 1 atom stereocenters. The Bertz CT molecular complexity index is 993. The van der Waals surface area contributed by atoms with E-state index in [-0.39, 0.29) is 18.4 Å². The molecule has 0 aromatic heterocycles. The Kier molecular flexibility index (Phi) is 8.79. The van der Waals surface area contributed by atoms with Gasteiger partial charge in [-0.15, -0.1) is 0 Å². The van der Waals surface area contributed by atoms with Crippen LogP contribution < -0.4 is 9.47 Å². The highest BCUT2D eigenvalue weighted by molar-refractivity contribution is 6.30. The molecule has 0 radical (unpaired) electrons. The van der Waals surface area contributed by atoms with Crippen LogP contribution in [0, 0.1) is 5.41 Å². The Labute approximate surface area is 217 Å². The first-order chi connectivity index (χ1) is 16.9. The third-order valence-electron chi connectivity index (χ3n) is 6.78. The van der Waals surface area contributed by atoms with Gasteiger partial charge in [0.15, 0.2) is 6.61 Å². The second-order valence-electron chi connectivity index (χ2n) is 9.52. The lowest BCUT2D eigenvalue weighted by molar-refractivity contribution is -0.143. The second-order valence-corrected chi connectivity index (χ2v) is 10.4. The van der Waals surface area contributed by atoms with Gasteiger partial charge in [-0.1, -0.05) is 23.2 Å². The number of rotatable bonds is 8. The number of carbonyl (C=O) groups is 2. The van der Waals surface area contributed by atoms with E-state index in [2.05, 4.69) is 0 Å². The van der Waals surface area contributed by atoms with Gasteiger partial charge in [-0.05, 0) is 80.6 Å². The molecule has 0 unspecified atom stereocenters. The summed E-state index contributed by atoms with van der Waals surface area (Å²) in [5.41, 5.74) is -0.456. The second kappa shape index (κ2) is 12.0. The summed E-state index contributed by atoms with van der Waals surface area (Å²) in [7, 11) is 0. The zero-order chi connectivity index (χ0) is 24.7. The molecular formula is C27H32Cl2N2O4. The van der Waals surface area contributed by atoms with E-state index >= 15 is 0 Å². The summed E-state index contributed by atoms with van der Waals surface area (Å²) in [6.45, 7) is 3.02. The average Bonchev–Trinajstić information content (AvgIpc) is 2.88. The third-order valence-corrected chi connectivity index (χ3v) is 7.29. The van der Waals surface area contributed by atoms with Crippen molar-refractivity contribution in [3.63, 3.8) is 0 Å². The first-order valence-electron chi connectivity index (χ1n) is 12.2. The first-order valence-corrected chi connectivity index (χ1v) is 13.0. The van der Waals surface area contributed by atoms with Gasteiger partial charge in [0, 0.05) is 48.1 Å². The number of hydrogen-bond acceptors (Lipinski definition) is 4. The summed E-state index contributed by atoms with van der Waals surface area (Å²) in [6.07, 6.45) is 5.26. The number of hydrogen-bond donors (Lipinski definition) is 0. The van der Waals surface area contributed by atoms with E-state index in [1.807, 2.05) is 21.9 Å². The van der Waals surface area contributed by atoms with Crippen molar-refractivity contribution in [3.05, 3.63) is 58.6 Å². The van der Waals surface area contributed by atoms with Crippen molar-refractivity contribution in [2.24, 2.45) is 5.41 Å². The Hall–Kier alpha value is -2.44. The van der Waals surface area contributed by atoms with Crippen molar-refractivity contribution in [2.75, 3.05) is 39.4 Å². The zero-order valence-corrected chi connectivity index (χ0v) is 21.4. The Morgan fingerprint density at radius 1 is 0.743 bits per heavy atom. The van der Waals surface area contributed by atoms with E-state index in [0.29, 0.717) is 47.7 Å². The van der Waals surface area contributed by atoms with Crippen LogP contribution in [0.2, 0.25) is 10.0 Å². The summed E-state index contributed by atoms with van der Waals surface area (Å²) in [5, 5.41) is 1.26. The van der Waals surface area contributed by atoms with Crippen molar-refractivity contribution in [2.45, 2.75) is 38.5 Å². The van der Waals surface area contributed by atoms with Gasteiger partial charge in [0.05, 0.1) is 6.61 Å². The van der Waals surface area contributed by atoms with Gasteiger partial charge in [0.1, 0.15) is 11.5 Å². The van der Waals surface area contributed by atoms with Crippen molar-refractivity contribution in [3.8, 4) is 11.5 Å². The molecule has 0 aliphatic carbocycles. The average molecular weight is 519 g/mol. The van der Waals surface area contributed by atoms with Gasteiger partial charge in [0.2, 0.25) is 5.91 Å². The SMILES string of the molecule is O=C(C[C@]1(COc2ccc(Cl)cc2)CCCN(C(=O)COc2ccc(Cl)cc2)C1)N1CCCCC1. The number of benzene rings is 2. The number of piperidine rings is 2. The summed E-state index contributed by atoms with van der Waals surface area (Å²) in [4.78, 5) is 30.1. The molecule has 0 bridgehead atoms. The molecule has 4 rings (SSSR count). The topological polar surface area (TPSA) is 59.1 Å². The Balaban J connectivity index is 1.43. The molecule has 35 heavy (non-hydrogen) atoms. The van der Waals surface area contributed by atoms with Crippen molar-refractivity contribution in [1.29, 1.82) is 0 Å². The number of ether oxygens (including phenoxy) is 2. The van der Waals surface area contributed by atoms with Crippen LogP contribution in [0.4, 0.5) is 0 Å². The van der Waals surface area contributed by atoms with Crippen LogP contribution in [0.15, 0.2) is 48.5 Å². The molecule has 8 heteroatoms. The monoisotopic (exact) mass is 518 g/mol. The molecule has 6 nitrogen and oxygen atoms in total. The van der Waals surface area contributed by atoms with Crippen LogP contribution in [0.5, 0.6) is 11.5 Å². The molecule has 0 spiro atoms. The number of likely N-dealkylation sites (tertiary alicyclic amines) is 2. The van der Waals surface area contributed by atoms with Gasteiger partial charge < -0.3 is 19.3 Å². The van der Waals surface area contributed by atoms with E-state index < -0.39 is 5.41 Å².